The van der Waals surface area contributed by atoms with E-state index < -0.39 is 0 Å². The molecule has 1 amide bonds. The number of halogens is 1. The molecule has 2 unspecified atom stereocenters. The Labute approximate surface area is 134 Å². The Balaban J connectivity index is 2.22. The molecule has 2 rings (SSSR count). The summed E-state index contributed by atoms with van der Waals surface area (Å²) in [5.41, 5.74) is 2.06. The second-order valence-electron chi connectivity index (χ2n) is 5.46. The molecular formula is C16H20ClN3O2. The molecule has 0 aliphatic carbocycles. The van der Waals surface area contributed by atoms with E-state index in [4.69, 9.17) is 16.7 Å². The standard InChI is InChI=1S/C16H20ClN3O2/c1-10(9-21)11(2)19-16(22)15-8-18-20(12(15)3)14-6-4-5-13(17)7-14/h4-8,10-11,21H,9H2,1-3H3,(H,19,22). The van der Waals surface area contributed by atoms with Crippen molar-refractivity contribution in [1.29, 1.82) is 0 Å². The summed E-state index contributed by atoms with van der Waals surface area (Å²) in [5, 5.41) is 16.9. The van der Waals surface area contributed by atoms with Gasteiger partial charge in [0.05, 0.1) is 23.1 Å². The van der Waals surface area contributed by atoms with Crippen LogP contribution >= 0.6 is 11.6 Å². The van der Waals surface area contributed by atoms with Gasteiger partial charge in [-0.15, -0.1) is 0 Å². The molecule has 0 radical (unpaired) electrons. The Bertz CT molecular complexity index is 669. The third kappa shape index (κ3) is 3.48. The van der Waals surface area contributed by atoms with E-state index in [2.05, 4.69) is 10.4 Å². The molecule has 2 atom stereocenters. The lowest BCUT2D eigenvalue weighted by atomic mass is 10.0. The number of rotatable bonds is 5. The van der Waals surface area contributed by atoms with Crippen molar-refractivity contribution in [2.24, 2.45) is 5.92 Å². The predicted octanol–water partition coefficient (Wildman–Crippen LogP) is 2.58. The van der Waals surface area contributed by atoms with Crippen LogP contribution in [0.15, 0.2) is 30.5 Å². The molecule has 0 bridgehead atoms. The van der Waals surface area contributed by atoms with Crippen molar-refractivity contribution in [3.8, 4) is 5.69 Å². The average Bonchev–Trinajstić information content (AvgIpc) is 2.88. The first-order valence-corrected chi connectivity index (χ1v) is 7.54. The van der Waals surface area contributed by atoms with Gasteiger partial charge in [0.1, 0.15) is 0 Å². The fraction of sp³-hybridized carbons (Fsp3) is 0.375. The van der Waals surface area contributed by atoms with E-state index in [1.54, 1.807) is 23.0 Å². The van der Waals surface area contributed by atoms with Crippen LogP contribution in [0.2, 0.25) is 5.02 Å². The molecular weight excluding hydrogens is 302 g/mol. The third-order valence-electron chi connectivity index (χ3n) is 3.81. The second-order valence-corrected chi connectivity index (χ2v) is 5.89. The molecule has 0 fully saturated rings. The Morgan fingerprint density at radius 3 is 2.82 bits per heavy atom. The lowest BCUT2D eigenvalue weighted by molar-refractivity contribution is 0.0915. The summed E-state index contributed by atoms with van der Waals surface area (Å²) in [6.07, 6.45) is 1.54. The largest absolute Gasteiger partial charge is 0.396 e. The highest BCUT2D eigenvalue weighted by Gasteiger charge is 2.19. The minimum absolute atomic E-state index is 0.00719. The lowest BCUT2D eigenvalue weighted by Crippen LogP contribution is -2.38. The van der Waals surface area contributed by atoms with Crippen molar-refractivity contribution in [1.82, 2.24) is 15.1 Å². The number of hydrogen-bond donors (Lipinski definition) is 2. The van der Waals surface area contributed by atoms with Crippen molar-refractivity contribution < 1.29 is 9.90 Å². The molecule has 2 N–H and O–H groups in total. The summed E-state index contributed by atoms with van der Waals surface area (Å²) in [5.74, 6) is -0.203. The maximum absolute atomic E-state index is 12.3. The van der Waals surface area contributed by atoms with Crippen LogP contribution in [0.25, 0.3) is 5.69 Å². The summed E-state index contributed by atoms with van der Waals surface area (Å²) in [6.45, 7) is 5.62. The third-order valence-corrected chi connectivity index (χ3v) is 4.04. The van der Waals surface area contributed by atoms with E-state index >= 15 is 0 Å². The monoisotopic (exact) mass is 321 g/mol. The molecule has 118 valence electrons. The van der Waals surface area contributed by atoms with E-state index in [-0.39, 0.29) is 24.5 Å². The van der Waals surface area contributed by atoms with Gasteiger partial charge in [-0.25, -0.2) is 4.68 Å². The highest BCUT2D eigenvalue weighted by atomic mass is 35.5. The van der Waals surface area contributed by atoms with Crippen molar-refractivity contribution in [2.45, 2.75) is 26.8 Å². The number of aliphatic hydroxyl groups is 1. The zero-order chi connectivity index (χ0) is 16.3. The molecule has 1 aromatic carbocycles. The lowest BCUT2D eigenvalue weighted by Gasteiger charge is -2.19. The summed E-state index contributed by atoms with van der Waals surface area (Å²) >= 11 is 5.99. The normalized spacial score (nSPS) is 13.7. The highest BCUT2D eigenvalue weighted by Crippen LogP contribution is 2.18. The number of carbonyl (C=O) groups is 1. The van der Waals surface area contributed by atoms with Crippen LogP contribution in [0.3, 0.4) is 0 Å². The van der Waals surface area contributed by atoms with Crippen molar-refractivity contribution in [3.05, 3.63) is 46.7 Å². The van der Waals surface area contributed by atoms with Gasteiger partial charge in [0, 0.05) is 17.7 Å². The number of aromatic nitrogens is 2. The van der Waals surface area contributed by atoms with E-state index in [1.165, 1.54) is 0 Å². The molecule has 0 aliphatic rings. The van der Waals surface area contributed by atoms with Crippen LogP contribution in [-0.2, 0) is 0 Å². The van der Waals surface area contributed by atoms with Gasteiger partial charge >= 0.3 is 0 Å². The average molecular weight is 322 g/mol. The number of nitrogens with one attached hydrogen (secondary N) is 1. The molecule has 1 aromatic heterocycles. The molecule has 22 heavy (non-hydrogen) atoms. The zero-order valence-corrected chi connectivity index (χ0v) is 13.6. The number of amides is 1. The number of nitrogens with zero attached hydrogens (tertiary/aromatic N) is 2. The molecule has 0 saturated heterocycles. The molecule has 6 heteroatoms. The summed E-state index contributed by atoms with van der Waals surface area (Å²) in [7, 11) is 0. The van der Waals surface area contributed by atoms with Gasteiger partial charge < -0.3 is 10.4 Å². The fourth-order valence-electron chi connectivity index (χ4n) is 2.09. The Kier molecular flexibility index (Phi) is 5.21. The zero-order valence-electron chi connectivity index (χ0n) is 12.9. The predicted molar refractivity (Wildman–Crippen MR) is 86.5 cm³/mol. The van der Waals surface area contributed by atoms with Gasteiger partial charge in [-0.05, 0) is 38.0 Å². The number of hydrogen-bond acceptors (Lipinski definition) is 3. The maximum atomic E-state index is 12.3. The number of aliphatic hydroxyl groups excluding tert-OH is 1. The quantitative estimate of drug-likeness (QED) is 0.889. The second kappa shape index (κ2) is 6.94. The Morgan fingerprint density at radius 2 is 2.18 bits per heavy atom. The van der Waals surface area contributed by atoms with Crippen LogP contribution in [0.5, 0.6) is 0 Å². The first-order chi connectivity index (χ1) is 10.4. The van der Waals surface area contributed by atoms with Gasteiger partial charge in [0.2, 0.25) is 0 Å². The Hall–Kier alpha value is -1.85. The molecule has 0 aliphatic heterocycles. The molecule has 2 aromatic rings. The molecule has 0 saturated carbocycles. The maximum Gasteiger partial charge on any atom is 0.254 e. The number of carbonyl (C=O) groups excluding carboxylic acids is 1. The first-order valence-electron chi connectivity index (χ1n) is 7.16. The smallest absolute Gasteiger partial charge is 0.254 e. The van der Waals surface area contributed by atoms with Gasteiger partial charge in [-0.1, -0.05) is 24.6 Å². The van der Waals surface area contributed by atoms with Gasteiger partial charge in [-0.2, -0.15) is 5.10 Å². The van der Waals surface area contributed by atoms with Crippen LogP contribution in [0, 0.1) is 12.8 Å². The van der Waals surface area contributed by atoms with Crippen LogP contribution < -0.4 is 5.32 Å². The SMILES string of the molecule is Cc1c(C(=O)NC(C)C(C)CO)cnn1-c1cccc(Cl)c1. The van der Waals surface area contributed by atoms with E-state index in [0.717, 1.165) is 11.4 Å². The molecule has 1 heterocycles. The van der Waals surface area contributed by atoms with E-state index in [9.17, 15) is 4.79 Å². The van der Waals surface area contributed by atoms with E-state index in [1.807, 2.05) is 32.9 Å². The van der Waals surface area contributed by atoms with Crippen molar-refractivity contribution in [3.63, 3.8) is 0 Å². The minimum Gasteiger partial charge on any atom is -0.396 e. The topological polar surface area (TPSA) is 67.2 Å². The van der Waals surface area contributed by atoms with Gasteiger partial charge in [-0.3, -0.25) is 4.79 Å². The molecule has 0 spiro atoms. The highest BCUT2D eigenvalue weighted by molar-refractivity contribution is 6.30. The van der Waals surface area contributed by atoms with Crippen LogP contribution in [0.4, 0.5) is 0 Å². The summed E-state index contributed by atoms with van der Waals surface area (Å²) in [4.78, 5) is 12.3. The minimum atomic E-state index is -0.196. The summed E-state index contributed by atoms with van der Waals surface area (Å²) < 4.78 is 1.68. The summed E-state index contributed by atoms with van der Waals surface area (Å²) in [6, 6.07) is 7.18. The van der Waals surface area contributed by atoms with Crippen LogP contribution in [0.1, 0.15) is 29.9 Å². The van der Waals surface area contributed by atoms with Gasteiger partial charge in [0.15, 0.2) is 0 Å². The number of benzene rings is 1. The fourth-order valence-corrected chi connectivity index (χ4v) is 2.27. The van der Waals surface area contributed by atoms with E-state index in [0.29, 0.717) is 10.6 Å². The Morgan fingerprint density at radius 1 is 1.45 bits per heavy atom. The van der Waals surface area contributed by atoms with Crippen LogP contribution in [-0.4, -0.2) is 33.4 Å². The first kappa shape index (κ1) is 16.5. The molecule has 5 nitrogen and oxygen atoms in total. The van der Waals surface area contributed by atoms with Gasteiger partial charge in [0.25, 0.3) is 5.91 Å². The van der Waals surface area contributed by atoms with Crippen molar-refractivity contribution in [2.75, 3.05) is 6.61 Å². The van der Waals surface area contributed by atoms with Crippen molar-refractivity contribution >= 4 is 17.5 Å².